The molecule has 0 saturated carbocycles. The third kappa shape index (κ3) is 7.00. The van der Waals surface area contributed by atoms with E-state index in [9.17, 15) is 18.9 Å². The number of esters is 1. The number of aromatic amines is 1. The Bertz CT molecular complexity index is 1280. The van der Waals surface area contributed by atoms with Gasteiger partial charge in [-0.1, -0.05) is 18.2 Å². The number of nitrogens with one attached hydrogen (secondary N) is 2. The summed E-state index contributed by atoms with van der Waals surface area (Å²) in [6.45, 7) is 4.88. The minimum absolute atomic E-state index is 0.266. The van der Waals surface area contributed by atoms with Crippen LogP contribution in [0.5, 0.6) is 5.75 Å². The van der Waals surface area contributed by atoms with E-state index in [1.807, 2.05) is 4.98 Å². The topological polar surface area (TPSA) is 162 Å². The molecule has 12 nitrogen and oxygen atoms in total. The van der Waals surface area contributed by atoms with Crippen molar-refractivity contribution >= 4 is 13.5 Å². The summed E-state index contributed by atoms with van der Waals surface area (Å²) in [5.41, 5.74) is -1.85. The van der Waals surface area contributed by atoms with Crippen LogP contribution in [0.25, 0.3) is 0 Å². The average Bonchev–Trinajstić information content (AvgIpc) is 3.27. The standard InChI is InChI=1S/C22H25N4O8P/c1-14(2)32-21(28)15(3)25-35(30,34-17-7-5-4-6-8-17)13-31-19-10-9-18(33-19)26-12-16(11-23)20(27)24-22(26)29/h4-10,12,14-15,18-19H,13H2,1-3H3,(H,25,30)(H,24,27,29)/t15-,18+,19-,35?/m0/s1. The maximum Gasteiger partial charge on any atom is 0.342 e. The first-order valence-corrected chi connectivity index (χ1v) is 12.4. The minimum atomic E-state index is -3.81. The van der Waals surface area contributed by atoms with Crippen molar-refractivity contribution in [1.29, 1.82) is 5.26 Å². The second-order valence-corrected chi connectivity index (χ2v) is 9.86. The van der Waals surface area contributed by atoms with Crippen LogP contribution in [0.3, 0.4) is 0 Å². The van der Waals surface area contributed by atoms with Gasteiger partial charge in [0.05, 0.1) is 6.10 Å². The van der Waals surface area contributed by atoms with Gasteiger partial charge in [0.15, 0.2) is 18.9 Å². The molecule has 0 radical (unpaired) electrons. The normalized spacial score (nSPS) is 19.6. The van der Waals surface area contributed by atoms with Crippen molar-refractivity contribution < 1.29 is 28.1 Å². The molecule has 1 aromatic carbocycles. The molecular weight excluding hydrogens is 479 g/mol. The van der Waals surface area contributed by atoms with Crippen LogP contribution in [0.2, 0.25) is 0 Å². The monoisotopic (exact) mass is 504 g/mol. The van der Waals surface area contributed by atoms with Gasteiger partial charge in [-0.25, -0.2) is 9.88 Å². The van der Waals surface area contributed by atoms with Crippen LogP contribution in [0.1, 0.15) is 32.6 Å². The van der Waals surface area contributed by atoms with Crippen LogP contribution in [0.15, 0.2) is 58.3 Å². The number of rotatable bonds is 10. The van der Waals surface area contributed by atoms with Gasteiger partial charge in [-0.05, 0) is 45.1 Å². The van der Waals surface area contributed by atoms with Crippen LogP contribution in [0.4, 0.5) is 0 Å². The zero-order chi connectivity index (χ0) is 25.6. The molecule has 1 aliphatic heterocycles. The van der Waals surface area contributed by atoms with Crippen molar-refractivity contribution in [1.82, 2.24) is 14.6 Å². The molecular formula is C22H25N4O8P. The summed E-state index contributed by atoms with van der Waals surface area (Å²) in [5, 5.41) is 11.7. The van der Waals surface area contributed by atoms with E-state index in [1.165, 1.54) is 19.1 Å². The fourth-order valence-corrected chi connectivity index (χ4v) is 4.70. The Kier molecular flexibility index (Phi) is 8.43. The number of para-hydroxylation sites is 1. The number of ether oxygens (including phenoxy) is 3. The zero-order valence-corrected chi connectivity index (χ0v) is 20.1. The van der Waals surface area contributed by atoms with E-state index in [0.29, 0.717) is 5.75 Å². The molecule has 4 atom stereocenters. The van der Waals surface area contributed by atoms with Gasteiger partial charge in [0, 0.05) is 6.20 Å². The quantitative estimate of drug-likeness (QED) is 0.278. The van der Waals surface area contributed by atoms with Crippen LogP contribution >= 0.6 is 7.52 Å². The first-order valence-electron chi connectivity index (χ1n) is 10.6. The molecule has 0 fully saturated rings. The predicted molar refractivity (Wildman–Crippen MR) is 124 cm³/mol. The predicted octanol–water partition coefficient (Wildman–Crippen LogP) is 2.00. The molecule has 2 heterocycles. The lowest BCUT2D eigenvalue weighted by Gasteiger charge is -2.25. The smallest absolute Gasteiger partial charge is 0.342 e. The lowest BCUT2D eigenvalue weighted by Crippen LogP contribution is -2.37. The molecule has 1 aromatic heterocycles. The van der Waals surface area contributed by atoms with Crippen molar-refractivity contribution in [2.75, 3.05) is 6.35 Å². The van der Waals surface area contributed by atoms with E-state index in [0.717, 1.165) is 10.8 Å². The molecule has 3 rings (SSSR count). The fraction of sp³-hybridized carbons (Fsp3) is 0.364. The van der Waals surface area contributed by atoms with E-state index >= 15 is 0 Å². The molecule has 2 aromatic rings. The van der Waals surface area contributed by atoms with Crippen molar-refractivity contribution in [3.63, 3.8) is 0 Å². The van der Waals surface area contributed by atoms with Crippen LogP contribution in [-0.2, 0) is 23.6 Å². The maximum absolute atomic E-state index is 13.6. The van der Waals surface area contributed by atoms with Gasteiger partial charge in [-0.2, -0.15) is 5.26 Å². The number of hydrogen-bond donors (Lipinski definition) is 2. The van der Waals surface area contributed by atoms with Crippen LogP contribution in [-0.4, -0.2) is 40.3 Å². The molecule has 186 valence electrons. The van der Waals surface area contributed by atoms with Gasteiger partial charge in [0.1, 0.15) is 23.4 Å². The number of hydrogen-bond acceptors (Lipinski definition) is 9. The van der Waals surface area contributed by atoms with Gasteiger partial charge in [-0.15, -0.1) is 0 Å². The van der Waals surface area contributed by atoms with Crippen molar-refractivity contribution in [2.24, 2.45) is 0 Å². The second-order valence-electron chi connectivity index (χ2n) is 7.81. The Balaban J connectivity index is 1.71. The summed E-state index contributed by atoms with van der Waals surface area (Å²) < 4.78 is 36.7. The Labute approximate surface area is 200 Å². The minimum Gasteiger partial charge on any atom is -0.462 e. The Morgan fingerprint density at radius 3 is 2.63 bits per heavy atom. The molecule has 1 unspecified atom stereocenters. The number of nitriles is 1. The molecule has 13 heteroatoms. The van der Waals surface area contributed by atoms with Crippen molar-refractivity contribution in [2.45, 2.75) is 45.4 Å². The SMILES string of the molecule is CC(C)OC(=O)[C@H](C)NP(=O)(CO[C@@H]1C=C[C@H](n2cc(C#N)c(=O)[nH]c2=O)O1)Oc1ccccc1. The molecule has 0 spiro atoms. The maximum atomic E-state index is 13.6. The van der Waals surface area contributed by atoms with Crippen molar-refractivity contribution in [3.8, 4) is 11.8 Å². The number of carbonyl (C=O) groups excluding carboxylic acids is 1. The lowest BCUT2D eigenvalue weighted by molar-refractivity contribution is -0.149. The van der Waals surface area contributed by atoms with Gasteiger partial charge in [0.25, 0.3) is 5.56 Å². The van der Waals surface area contributed by atoms with Gasteiger partial charge in [-0.3, -0.25) is 23.7 Å². The van der Waals surface area contributed by atoms with E-state index < -0.39 is 49.6 Å². The van der Waals surface area contributed by atoms with E-state index in [1.54, 1.807) is 50.2 Å². The summed E-state index contributed by atoms with van der Waals surface area (Å²) in [5.74, 6) is -0.319. The largest absolute Gasteiger partial charge is 0.462 e. The first kappa shape index (κ1) is 26.1. The highest BCUT2D eigenvalue weighted by Gasteiger charge is 2.33. The third-order valence-corrected chi connectivity index (χ3v) is 6.34. The summed E-state index contributed by atoms with van der Waals surface area (Å²) >= 11 is 0. The van der Waals surface area contributed by atoms with E-state index in [4.69, 9.17) is 24.0 Å². The van der Waals surface area contributed by atoms with E-state index in [2.05, 4.69) is 5.09 Å². The second kappa shape index (κ2) is 11.3. The van der Waals surface area contributed by atoms with Gasteiger partial charge < -0.3 is 18.7 Å². The van der Waals surface area contributed by atoms with Gasteiger partial charge >= 0.3 is 19.2 Å². The number of benzene rings is 1. The highest BCUT2D eigenvalue weighted by atomic mass is 31.2. The molecule has 1 aliphatic rings. The Morgan fingerprint density at radius 1 is 1.26 bits per heavy atom. The van der Waals surface area contributed by atoms with Gasteiger partial charge in [0.2, 0.25) is 0 Å². The summed E-state index contributed by atoms with van der Waals surface area (Å²) in [6.07, 6.45) is 1.17. The molecule has 0 bridgehead atoms. The fourth-order valence-electron chi connectivity index (χ4n) is 3.02. The summed E-state index contributed by atoms with van der Waals surface area (Å²) in [7, 11) is -3.81. The summed E-state index contributed by atoms with van der Waals surface area (Å²) in [6, 6.07) is 9.08. The molecule has 0 amide bonds. The highest BCUT2D eigenvalue weighted by Crippen LogP contribution is 2.44. The van der Waals surface area contributed by atoms with Crippen LogP contribution in [0, 0.1) is 11.3 Å². The highest BCUT2D eigenvalue weighted by molar-refractivity contribution is 7.57. The number of aromatic nitrogens is 2. The average molecular weight is 504 g/mol. The Hall–Kier alpha value is -3.49. The number of carbonyl (C=O) groups is 1. The van der Waals surface area contributed by atoms with Crippen molar-refractivity contribution in [3.05, 3.63) is 75.1 Å². The first-order chi connectivity index (χ1) is 16.6. The Morgan fingerprint density at radius 2 is 1.97 bits per heavy atom. The van der Waals surface area contributed by atoms with E-state index in [-0.39, 0.29) is 11.7 Å². The zero-order valence-electron chi connectivity index (χ0n) is 19.2. The lowest BCUT2D eigenvalue weighted by atomic mass is 10.3. The number of nitrogens with zero attached hydrogens (tertiary/aromatic N) is 2. The molecule has 0 saturated heterocycles. The van der Waals surface area contributed by atoms with Crippen LogP contribution < -0.4 is 20.9 Å². The molecule has 2 N–H and O–H groups in total. The number of H-pyrrole nitrogens is 1. The summed E-state index contributed by atoms with van der Waals surface area (Å²) in [4.78, 5) is 38.0. The molecule has 35 heavy (non-hydrogen) atoms. The molecule has 0 aliphatic carbocycles. The third-order valence-electron chi connectivity index (χ3n) is 4.57.